The number of amides is 1. The third-order valence-corrected chi connectivity index (χ3v) is 3.88. The molecule has 1 amide bonds. The molecule has 0 aliphatic rings. The topological polar surface area (TPSA) is 42.0 Å². The van der Waals surface area contributed by atoms with Crippen molar-refractivity contribution < 1.29 is 4.79 Å². The van der Waals surface area contributed by atoms with Gasteiger partial charge in [-0.15, -0.1) is 0 Å². The molecule has 21 heavy (non-hydrogen) atoms. The molecule has 0 aliphatic carbocycles. The Labute approximate surface area is 142 Å². The van der Waals surface area contributed by atoms with Crippen LogP contribution < -0.4 is 5.32 Å². The van der Waals surface area contributed by atoms with Crippen LogP contribution in [0.5, 0.6) is 0 Å². The second-order valence-electron chi connectivity index (χ2n) is 4.33. The summed E-state index contributed by atoms with van der Waals surface area (Å²) in [4.78, 5) is 16.1. The summed E-state index contributed by atoms with van der Waals surface area (Å²) in [5.74, 6) is -0.430. The fourth-order valence-electron chi connectivity index (χ4n) is 1.77. The van der Waals surface area contributed by atoms with Gasteiger partial charge in [-0.25, -0.2) is 4.98 Å². The Morgan fingerprint density at radius 2 is 1.81 bits per heavy atom. The number of rotatable bonds is 3. The summed E-state index contributed by atoms with van der Waals surface area (Å²) in [6, 6.07) is 7.77. The molecule has 0 fully saturated rings. The van der Waals surface area contributed by atoms with Gasteiger partial charge in [0.1, 0.15) is 10.8 Å². The predicted molar refractivity (Wildman–Crippen MR) is 86.6 cm³/mol. The maximum atomic E-state index is 12.2. The summed E-state index contributed by atoms with van der Waals surface area (Å²) < 4.78 is 0. The van der Waals surface area contributed by atoms with Gasteiger partial charge in [0.05, 0.1) is 11.1 Å². The van der Waals surface area contributed by atoms with Crippen LogP contribution in [0.15, 0.2) is 30.3 Å². The monoisotopic (exact) mass is 362 g/mol. The third kappa shape index (κ3) is 4.01. The first-order valence-electron chi connectivity index (χ1n) is 5.96. The predicted octanol–water partition coefficient (Wildman–Crippen LogP) is 5.19. The Hall–Kier alpha value is -1.00. The summed E-state index contributed by atoms with van der Waals surface area (Å²) in [7, 11) is 0. The Morgan fingerprint density at radius 3 is 2.48 bits per heavy atom. The number of hydrogen-bond donors (Lipinski definition) is 1. The van der Waals surface area contributed by atoms with Crippen molar-refractivity contribution in [2.45, 2.75) is 13.0 Å². The Kier molecular flexibility index (Phi) is 5.33. The van der Waals surface area contributed by atoms with E-state index < -0.39 is 5.91 Å². The van der Waals surface area contributed by atoms with Crippen molar-refractivity contribution in [1.82, 2.24) is 10.3 Å². The van der Waals surface area contributed by atoms with E-state index in [-0.39, 0.29) is 21.9 Å². The average molecular weight is 364 g/mol. The second kappa shape index (κ2) is 6.84. The highest BCUT2D eigenvalue weighted by Crippen LogP contribution is 2.26. The molecule has 0 spiro atoms. The second-order valence-corrected chi connectivity index (χ2v) is 5.96. The van der Waals surface area contributed by atoms with Crippen molar-refractivity contribution in [3.63, 3.8) is 0 Å². The normalized spacial score (nSPS) is 12.0. The molecule has 1 N–H and O–H groups in total. The van der Waals surface area contributed by atoms with E-state index in [1.54, 1.807) is 25.1 Å². The molecule has 0 radical (unpaired) electrons. The van der Waals surface area contributed by atoms with Gasteiger partial charge in [0.2, 0.25) is 0 Å². The van der Waals surface area contributed by atoms with Crippen molar-refractivity contribution in [3.8, 4) is 0 Å². The first kappa shape index (κ1) is 16.4. The van der Waals surface area contributed by atoms with Crippen LogP contribution in [-0.2, 0) is 0 Å². The van der Waals surface area contributed by atoms with Gasteiger partial charge in [0, 0.05) is 10.0 Å². The van der Waals surface area contributed by atoms with Crippen LogP contribution in [0.3, 0.4) is 0 Å². The number of nitrogens with one attached hydrogen (secondary N) is 1. The van der Waals surface area contributed by atoms with Crippen LogP contribution in [-0.4, -0.2) is 10.9 Å². The number of halogens is 4. The van der Waals surface area contributed by atoms with Crippen LogP contribution in [0.1, 0.15) is 29.0 Å². The Bertz CT molecular complexity index is 691. The molecule has 1 heterocycles. The van der Waals surface area contributed by atoms with Crippen LogP contribution in [0, 0.1) is 0 Å². The van der Waals surface area contributed by atoms with Gasteiger partial charge in [0.25, 0.3) is 5.91 Å². The molecule has 7 heteroatoms. The molecule has 0 bridgehead atoms. The van der Waals surface area contributed by atoms with E-state index in [0.29, 0.717) is 10.0 Å². The number of pyridine rings is 1. The van der Waals surface area contributed by atoms with E-state index in [1.807, 2.05) is 0 Å². The van der Waals surface area contributed by atoms with Crippen molar-refractivity contribution in [3.05, 3.63) is 61.8 Å². The minimum absolute atomic E-state index is 0.0705. The standard InChI is InChI=1S/C14H10Cl4N2O/c1-7(9-3-2-8(15)6-11(9)17)19-14(21)13-10(16)4-5-12(18)20-13/h2-7H,1H3,(H,19,21). The average Bonchev–Trinajstić information content (AvgIpc) is 2.41. The van der Waals surface area contributed by atoms with Gasteiger partial charge in [-0.2, -0.15) is 0 Å². The van der Waals surface area contributed by atoms with E-state index >= 15 is 0 Å². The first-order chi connectivity index (χ1) is 9.88. The highest BCUT2D eigenvalue weighted by Gasteiger charge is 2.17. The molecule has 3 nitrogen and oxygen atoms in total. The lowest BCUT2D eigenvalue weighted by Crippen LogP contribution is -2.28. The van der Waals surface area contributed by atoms with Crippen LogP contribution in [0.2, 0.25) is 20.2 Å². The Morgan fingerprint density at radius 1 is 1.10 bits per heavy atom. The van der Waals surface area contributed by atoms with E-state index in [9.17, 15) is 4.79 Å². The number of carbonyl (C=O) groups is 1. The molecular weight excluding hydrogens is 354 g/mol. The zero-order valence-corrected chi connectivity index (χ0v) is 13.9. The number of nitrogens with zero attached hydrogens (tertiary/aromatic N) is 1. The Balaban J connectivity index is 2.20. The smallest absolute Gasteiger partial charge is 0.271 e. The summed E-state index contributed by atoms with van der Waals surface area (Å²) in [6.45, 7) is 1.80. The van der Waals surface area contributed by atoms with Gasteiger partial charge in [0.15, 0.2) is 0 Å². The van der Waals surface area contributed by atoms with Crippen LogP contribution >= 0.6 is 46.4 Å². The maximum Gasteiger partial charge on any atom is 0.271 e. The lowest BCUT2D eigenvalue weighted by atomic mass is 10.1. The van der Waals surface area contributed by atoms with Gasteiger partial charge in [-0.05, 0) is 36.8 Å². The molecule has 0 saturated carbocycles. The molecule has 110 valence electrons. The largest absolute Gasteiger partial charge is 0.344 e. The van der Waals surface area contributed by atoms with Gasteiger partial charge in [-0.3, -0.25) is 4.79 Å². The molecule has 1 aromatic heterocycles. The summed E-state index contributed by atoms with van der Waals surface area (Å²) in [5, 5.41) is 4.19. The molecule has 1 atom stereocenters. The van der Waals surface area contributed by atoms with E-state index in [1.165, 1.54) is 12.1 Å². The highest BCUT2D eigenvalue weighted by atomic mass is 35.5. The number of carbonyl (C=O) groups excluding carboxylic acids is 1. The van der Waals surface area contributed by atoms with Crippen LogP contribution in [0.25, 0.3) is 0 Å². The minimum Gasteiger partial charge on any atom is -0.344 e. The fourth-order valence-corrected chi connectivity index (χ4v) is 2.68. The molecule has 1 aromatic carbocycles. The van der Waals surface area contributed by atoms with Crippen LogP contribution in [0.4, 0.5) is 0 Å². The van der Waals surface area contributed by atoms with Gasteiger partial charge in [-0.1, -0.05) is 52.5 Å². The molecule has 0 aliphatic heterocycles. The minimum atomic E-state index is -0.430. The lowest BCUT2D eigenvalue weighted by Gasteiger charge is -2.16. The summed E-state index contributed by atoms with van der Waals surface area (Å²) >= 11 is 23.7. The SMILES string of the molecule is CC(NC(=O)c1nc(Cl)ccc1Cl)c1ccc(Cl)cc1Cl. The van der Waals surface area contributed by atoms with Crippen molar-refractivity contribution in [2.24, 2.45) is 0 Å². The van der Waals surface area contributed by atoms with Crippen molar-refractivity contribution in [2.75, 3.05) is 0 Å². The number of hydrogen-bond acceptors (Lipinski definition) is 2. The zero-order valence-electron chi connectivity index (χ0n) is 10.8. The van der Waals surface area contributed by atoms with E-state index in [0.717, 1.165) is 5.56 Å². The third-order valence-electron chi connectivity index (χ3n) is 2.80. The van der Waals surface area contributed by atoms with Crippen molar-refractivity contribution >= 4 is 52.3 Å². The first-order valence-corrected chi connectivity index (χ1v) is 7.47. The maximum absolute atomic E-state index is 12.2. The van der Waals surface area contributed by atoms with Crippen molar-refractivity contribution in [1.29, 1.82) is 0 Å². The van der Waals surface area contributed by atoms with Gasteiger partial charge >= 0.3 is 0 Å². The quantitative estimate of drug-likeness (QED) is 0.762. The molecule has 2 rings (SSSR count). The summed E-state index contributed by atoms with van der Waals surface area (Å²) in [6.07, 6.45) is 0. The number of aromatic nitrogens is 1. The molecular formula is C14H10Cl4N2O. The molecule has 0 saturated heterocycles. The highest BCUT2D eigenvalue weighted by molar-refractivity contribution is 6.35. The van der Waals surface area contributed by atoms with Gasteiger partial charge < -0.3 is 5.32 Å². The summed E-state index contributed by atoms with van der Waals surface area (Å²) in [5.41, 5.74) is 0.814. The van der Waals surface area contributed by atoms with E-state index in [2.05, 4.69) is 10.3 Å². The fraction of sp³-hybridized carbons (Fsp3) is 0.143. The zero-order chi connectivity index (χ0) is 15.6. The number of benzene rings is 1. The lowest BCUT2D eigenvalue weighted by molar-refractivity contribution is 0.0935. The molecule has 2 aromatic rings. The molecule has 1 unspecified atom stereocenters. The van der Waals surface area contributed by atoms with E-state index in [4.69, 9.17) is 46.4 Å².